The summed E-state index contributed by atoms with van der Waals surface area (Å²) in [6.45, 7) is 5.58. The molecule has 8 aromatic carbocycles. The van der Waals surface area contributed by atoms with Crippen molar-refractivity contribution < 1.29 is 0 Å². The summed E-state index contributed by atoms with van der Waals surface area (Å²) >= 11 is 1.89. The molecule has 3 heteroatoms. The Balaban J connectivity index is 1.27. The minimum absolute atomic E-state index is 0.656. The van der Waals surface area contributed by atoms with Crippen LogP contribution in [0.25, 0.3) is 58.8 Å². The van der Waals surface area contributed by atoms with E-state index in [4.69, 9.17) is 6.58 Å². The highest BCUT2D eigenvalue weighted by atomic mass is 32.1. The predicted octanol–water partition coefficient (Wildman–Crippen LogP) is 15.0. The van der Waals surface area contributed by atoms with Gasteiger partial charge in [0.15, 0.2) is 0 Å². The summed E-state index contributed by atoms with van der Waals surface area (Å²) in [7, 11) is 0. The number of fused-ring (bicyclic) bond motifs is 8. The van der Waals surface area contributed by atoms with Crippen molar-refractivity contribution in [1.82, 2.24) is 0 Å². The minimum Gasteiger partial charge on any atom is -0.337 e. The summed E-state index contributed by atoms with van der Waals surface area (Å²) < 4.78 is 2.56. The molecule has 56 heavy (non-hydrogen) atoms. The molecule has 0 aliphatic carbocycles. The highest BCUT2D eigenvalue weighted by Crippen LogP contribution is 2.51. The number of nitrogens with zero attached hydrogens (tertiary/aromatic N) is 2. The molecular weight excluding hydrogens is 697 g/mol. The lowest BCUT2D eigenvalue weighted by Gasteiger charge is -2.29. The van der Waals surface area contributed by atoms with Crippen molar-refractivity contribution in [3.05, 3.63) is 224 Å². The number of anilines is 4. The van der Waals surface area contributed by atoms with E-state index in [0.717, 1.165) is 33.9 Å². The van der Waals surface area contributed by atoms with Crippen molar-refractivity contribution in [2.45, 2.75) is 0 Å². The molecule has 266 valence electrons. The van der Waals surface area contributed by atoms with Crippen LogP contribution in [0.4, 0.5) is 22.7 Å². The van der Waals surface area contributed by atoms with Crippen molar-refractivity contribution in [2.24, 2.45) is 0 Å². The monoisotopic (exact) mass is 734 g/mol. The topological polar surface area (TPSA) is 6.48 Å². The van der Waals surface area contributed by atoms with Gasteiger partial charge in [-0.05, 0) is 93.9 Å². The van der Waals surface area contributed by atoms with Crippen LogP contribution in [0, 0.1) is 0 Å². The summed E-state index contributed by atoms with van der Waals surface area (Å²) in [5.74, 6) is 0. The lowest BCUT2D eigenvalue weighted by molar-refractivity contribution is 1.10. The van der Waals surface area contributed by atoms with Gasteiger partial charge in [-0.25, -0.2) is 0 Å². The minimum atomic E-state index is 0.656. The highest BCUT2D eigenvalue weighted by molar-refractivity contribution is 7.26. The van der Waals surface area contributed by atoms with Crippen molar-refractivity contribution >= 4 is 70.6 Å². The number of allylic oxidation sites excluding steroid dienone is 3. The smallest absolute Gasteiger partial charge is 0.0594 e. The van der Waals surface area contributed by atoms with E-state index in [2.05, 4.69) is 216 Å². The first-order valence-corrected chi connectivity index (χ1v) is 19.9. The highest BCUT2D eigenvalue weighted by Gasteiger charge is 2.26. The van der Waals surface area contributed by atoms with Gasteiger partial charge in [-0.2, -0.15) is 0 Å². The molecule has 2 heterocycles. The van der Waals surface area contributed by atoms with Crippen LogP contribution in [0.1, 0.15) is 5.56 Å². The molecule has 0 bridgehead atoms. The molecule has 0 saturated heterocycles. The van der Waals surface area contributed by atoms with Crippen LogP contribution >= 0.6 is 11.3 Å². The molecule has 0 N–H and O–H groups in total. The van der Waals surface area contributed by atoms with Crippen molar-refractivity contribution in [2.75, 3.05) is 16.3 Å². The molecule has 0 fully saturated rings. The molecule has 0 amide bonds. The summed E-state index contributed by atoms with van der Waals surface area (Å²) in [4.78, 5) is 4.84. The fourth-order valence-corrected chi connectivity index (χ4v) is 9.41. The van der Waals surface area contributed by atoms with E-state index in [1.165, 1.54) is 58.9 Å². The van der Waals surface area contributed by atoms with Crippen molar-refractivity contribution in [3.8, 4) is 22.3 Å². The molecule has 0 unspecified atom stereocenters. The Morgan fingerprint density at radius 3 is 1.70 bits per heavy atom. The van der Waals surface area contributed by atoms with E-state index in [1.54, 1.807) is 0 Å². The van der Waals surface area contributed by atoms with Gasteiger partial charge in [-0.3, -0.25) is 0 Å². The van der Waals surface area contributed by atoms with Gasteiger partial charge in [-0.1, -0.05) is 152 Å². The van der Waals surface area contributed by atoms with Gasteiger partial charge < -0.3 is 9.80 Å². The summed E-state index contributed by atoms with van der Waals surface area (Å²) in [5, 5.41) is 4.96. The van der Waals surface area contributed by atoms with Crippen LogP contribution in [0.3, 0.4) is 0 Å². The van der Waals surface area contributed by atoms with Crippen LogP contribution < -0.4 is 9.80 Å². The molecule has 0 atom stereocenters. The SMILES string of the molecule is C=C1/C=C(N(c2ccccc2)c2ccccc2)\C=C/CN(c2ccc(-c3ccccc3)cc2)c2c1c1ccccc1c1sc3ccc(-c4ccccc4)cc3c21. The predicted molar refractivity (Wildman–Crippen MR) is 242 cm³/mol. The van der Waals surface area contributed by atoms with Gasteiger partial charge in [0, 0.05) is 60.4 Å². The fraction of sp³-hybridized carbons (Fsp3) is 0.0189. The Kier molecular flexibility index (Phi) is 8.63. The Morgan fingerprint density at radius 2 is 1.05 bits per heavy atom. The van der Waals surface area contributed by atoms with Gasteiger partial charge in [0.2, 0.25) is 0 Å². The second-order valence-electron chi connectivity index (χ2n) is 14.2. The number of hydrogen-bond acceptors (Lipinski definition) is 3. The third-order valence-electron chi connectivity index (χ3n) is 10.8. The first kappa shape index (κ1) is 33.6. The first-order valence-electron chi connectivity index (χ1n) is 19.1. The lowest BCUT2D eigenvalue weighted by atomic mass is 9.91. The molecule has 1 aliphatic heterocycles. The number of thiophene rings is 1. The Bertz CT molecular complexity index is 2890. The Labute approximate surface area is 331 Å². The quantitative estimate of drug-likeness (QED) is 0.168. The van der Waals surface area contributed by atoms with Gasteiger partial charge in [0.1, 0.15) is 0 Å². The normalized spacial score (nSPS) is 14.5. The van der Waals surface area contributed by atoms with Gasteiger partial charge in [0.05, 0.1) is 5.69 Å². The molecule has 1 aromatic heterocycles. The zero-order valence-electron chi connectivity index (χ0n) is 30.8. The van der Waals surface area contributed by atoms with Crippen LogP contribution in [0.2, 0.25) is 0 Å². The fourth-order valence-electron chi connectivity index (χ4n) is 8.19. The third kappa shape index (κ3) is 5.99. The van der Waals surface area contributed by atoms with Crippen molar-refractivity contribution in [3.63, 3.8) is 0 Å². The average Bonchev–Trinajstić information content (AvgIpc) is 3.67. The second kappa shape index (κ2) is 14.4. The van der Waals surface area contributed by atoms with Crippen LogP contribution in [0.5, 0.6) is 0 Å². The van der Waals surface area contributed by atoms with Gasteiger partial charge in [0.25, 0.3) is 0 Å². The maximum absolute atomic E-state index is 4.93. The summed E-state index contributed by atoms with van der Waals surface area (Å²) in [5.41, 5.74) is 12.5. The standard InChI is InChI=1S/C53H38N2S/c1-37-35-45(55(43-21-10-4-11-22-43)44-23-12-5-13-24-44)25-16-34-54(42-31-28-40(29-32-42)38-17-6-2-7-18-38)52-50(37)46-26-14-15-27-47(46)53-51(52)48-36-41(30-33-49(48)56-53)39-19-8-3-9-20-39/h2-33,35-36H,1,34H2/b25-16-,45-35+. The van der Waals surface area contributed by atoms with E-state index in [9.17, 15) is 0 Å². The van der Waals surface area contributed by atoms with E-state index in [0.29, 0.717) is 6.54 Å². The Morgan fingerprint density at radius 1 is 0.518 bits per heavy atom. The number of para-hydroxylation sites is 2. The maximum Gasteiger partial charge on any atom is 0.0594 e. The molecule has 0 radical (unpaired) electrons. The maximum atomic E-state index is 4.93. The first-order chi connectivity index (χ1) is 27.7. The molecular formula is C53H38N2S. The van der Waals surface area contributed by atoms with Crippen LogP contribution in [0.15, 0.2) is 219 Å². The molecule has 9 aromatic rings. The van der Waals surface area contributed by atoms with E-state index >= 15 is 0 Å². The van der Waals surface area contributed by atoms with Crippen LogP contribution in [-0.2, 0) is 0 Å². The van der Waals surface area contributed by atoms with E-state index in [-0.39, 0.29) is 0 Å². The molecule has 1 aliphatic rings. The van der Waals surface area contributed by atoms with Crippen molar-refractivity contribution in [1.29, 1.82) is 0 Å². The largest absolute Gasteiger partial charge is 0.337 e. The molecule has 10 rings (SSSR count). The number of benzene rings is 8. The van der Waals surface area contributed by atoms with E-state index < -0.39 is 0 Å². The molecule has 2 nitrogen and oxygen atoms in total. The summed E-state index contributed by atoms with van der Waals surface area (Å²) in [6, 6.07) is 67.5. The number of rotatable bonds is 6. The Hall–Kier alpha value is -6.94. The summed E-state index contributed by atoms with van der Waals surface area (Å²) in [6.07, 6.45) is 6.85. The number of hydrogen-bond donors (Lipinski definition) is 0. The lowest BCUT2D eigenvalue weighted by Crippen LogP contribution is -2.19. The molecule has 0 saturated carbocycles. The molecule has 0 spiro atoms. The zero-order chi connectivity index (χ0) is 37.4. The zero-order valence-corrected chi connectivity index (χ0v) is 31.7. The van der Waals surface area contributed by atoms with Gasteiger partial charge in [-0.15, -0.1) is 11.3 Å². The third-order valence-corrected chi connectivity index (χ3v) is 12.0. The van der Waals surface area contributed by atoms with Gasteiger partial charge >= 0.3 is 0 Å². The second-order valence-corrected chi connectivity index (χ2v) is 15.2. The van der Waals surface area contributed by atoms with E-state index in [1.807, 2.05) is 11.3 Å². The average molecular weight is 735 g/mol. The van der Waals surface area contributed by atoms with Crippen LogP contribution in [-0.4, -0.2) is 6.54 Å².